The third-order valence-corrected chi connectivity index (χ3v) is 6.01. The van der Waals surface area contributed by atoms with Crippen molar-refractivity contribution < 1.29 is 17.9 Å². The summed E-state index contributed by atoms with van der Waals surface area (Å²) in [6.07, 6.45) is 0.735. The van der Waals surface area contributed by atoms with Gasteiger partial charge >= 0.3 is 0 Å². The minimum Gasteiger partial charge on any atom is -0.489 e. The van der Waals surface area contributed by atoms with Crippen LogP contribution >= 0.6 is 11.6 Å². The number of nitrogens with two attached hydrogens (primary N) is 1. The summed E-state index contributed by atoms with van der Waals surface area (Å²) >= 11 is 5.85. The molecule has 0 bridgehead atoms. The number of rotatable bonds is 6. The number of hydrogen-bond donors (Lipinski definition) is 3. The van der Waals surface area contributed by atoms with Crippen molar-refractivity contribution in [3.8, 4) is 5.75 Å². The highest BCUT2D eigenvalue weighted by atomic mass is 35.5. The van der Waals surface area contributed by atoms with Gasteiger partial charge in [0.2, 0.25) is 15.9 Å². The van der Waals surface area contributed by atoms with E-state index >= 15 is 0 Å². The van der Waals surface area contributed by atoms with Crippen LogP contribution in [0.1, 0.15) is 12.0 Å². The summed E-state index contributed by atoms with van der Waals surface area (Å²) in [6.45, 7) is 0.0435. The van der Waals surface area contributed by atoms with Crippen molar-refractivity contribution in [1.82, 2.24) is 4.31 Å². The van der Waals surface area contributed by atoms with Gasteiger partial charge in [-0.15, -0.1) is 0 Å². The maximum absolute atomic E-state index is 12.7. The molecular weight excluding hydrogens is 416 g/mol. The van der Waals surface area contributed by atoms with Gasteiger partial charge in [-0.3, -0.25) is 10.2 Å². The van der Waals surface area contributed by atoms with E-state index in [1.54, 1.807) is 48.5 Å². The molecule has 2 aromatic carbocycles. The number of carbonyl (C=O) groups is 1. The van der Waals surface area contributed by atoms with Gasteiger partial charge in [0, 0.05) is 22.7 Å². The van der Waals surface area contributed by atoms with Crippen LogP contribution in [-0.4, -0.2) is 49.4 Å². The number of nitrogens with zero attached hydrogens (tertiary/aromatic N) is 1. The molecule has 154 valence electrons. The topological polar surface area (TPSA) is 126 Å². The molecule has 10 heteroatoms. The van der Waals surface area contributed by atoms with Crippen LogP contribution < -0.4 is 15.8 Å². The number of halogens is 1. The summed E-state index contributed by atoms with van der Waals surface area (Å²) in [4.78, 5) is 12.7. The fraction of sp³-hybridized carbons (Fsp3) is 0.263. The number of amides is 1. The molecule has 29 heavy (non-hydrogen) atoms. The highest BCUT2D eigenvalue weighted by molar-refractivity contribution is 7.88. The lowest BCUT2D eigenvalue weighted by atomic mass is 10.1. The van der Waals surface area contributed by atoms with E-state index in [0.717, 1.165) is 10.6 Å². The smallest absolute Gasteiger partial charge is 0.242 e. The van der Waals surface area contributed by atoms with Crippen LogP contribution in [0, 0.1) is 5.41 Å². The second kappa shape index (κ2) is 8.40. The van der Waals surface area contributed by atoms with E-state index in [2.05, 4.69) is 5.32 Å². The van der Waals surface area contributed by atoms with Crippen LogP contribution in [0.25, 0.3) is 0 Å². The Morgan fingerprint density at radius 3 is 2.59 bits per heavy atom. The molecule has 1 heterocycles. The first-order chi connectivity index (χ1) is 13.6. The van der Waals surface area contributed by atoms with E-state index in [9.17, 15) is 13.2 Å². The monoisotopic (exact) mass is 436 g/mol. The maximum Gasteiger partial charge on any atom is 0.242 e. The van der Waals surface area contributed by atoms with Crippen LogP contribution in [0.5, 0.6) is 5.75 Å². The average molecular weight is 437 g/mol. The molecule has 0 aromatic heterocycles. The lowest BCUT2D eigenvalue weighted by Gasteiger charge is -2.20. The van der Waals surface area contributed by atoms with Crippen LogP contribution in [0.2, 0.25) is 5.02 Å². The van der Waals surface area contributed by atoms with Gasteiger partial charge in [0.1, 0.15) is 23.7 Å². The fourth-order valence-electron chi connectivity index (χ4n) is 3.15. The quantitative estimate of drug-likeness (QED) is 0.472. The molecule has 0 spiro atoms. The summed E-state index contributed by atoms with van der Waals surface area (Å²) in [5, 5.41) is 10.8. The number of benzene rings is 2. The third kappa shape index (κ3) is 5.26. The molecule has 1 saturated heterocycles. The van der Waals surface area contributed by atoms with E-state index < -0.39 is 28.1 Å². The Hall–Kier alpha value is -2.62. The van der Waals surface area contributed by atoms with Gasteiger partial charge in [0.25, 0.3) is 0 Å². The molecule has 2 atom stereocenters. The van der Waals surface area contributed by atoms with Crippen molar-refractivity contribution in [3.05, 3.63) is 59.1 Å². The van der Waals surface area contributed by atoms with Crippen molar-refractivity contribution in [2.75, 3.05) is 18.1 Å². The Kier molecular flexibility index (Phi) is 6.11. The lowest BCUT2D eigenvalue weighted by Crippen LogP contribution is -2.42. The van der Waals surface area contributed by atoms with Crippen LogP contribution in [0.4, 0.5) is 5.69 Å². The summed E-state index contributed by atoms with van der Waals surface area (Å²) in [5.41, 5.74) is 6.51. The molecule has 0 aliphatic carbocycles. The number of carbonyl (C=O) groups excluding carboxylic acids is 1. The van der Waals surface area contributed by atoms with E-state index in [1.165, 1.54) is 0 Å². The Labute approximate surface area is 174 Å². The summed E-state index contributed by atoms with van der Waals surface area (Å²) in [6, 6.07) is 12.3. The highest BCUT2D eigenvalue weighted by Gasteiger charge is 2.42. The Morgan fingerprint density at radius 1 is 1.28 bits per heavy atom. The predicted molar refractivity (Wildman–Crippen MR) is 112 cm³/mol. The lowest BCUT2D eigenvalue weighted by molar-refractivity contribution is -0.119. The molecule has 3 rings (SSSR count). The van der Waals surface area contributed by atoms with Crippen molar-refractivity contribution in [2.45, 2.75) is 18.6 Å². The van der Waals surface area contributed by atoms with E-state index in [-0.39, 0.29) is 18.8 Å². The van der Waals surface area contributed by atoms with Gasteiger partial charge in [-0.1, -0.05) is 23.7 Å². The standard InChI is InChI=1S/C19H21ClN4O4S/c1-29(26,27)24-11-16(28-15-4-2-3-12(9-15)18(21)22)10-17(24)19(25)23-14-7-5-13(20)6-8-14/h2-9,16-17H,10-11H2,1H3,(H3,21,22)(H,23,25)/t16-,17+/m1/s1. The first kappa shape index (κ1) is 21.1. The van der Waals surface area contributed by atoms with E-state index in [0.29, 0.717) is 22.0 Å². The number of anilines is 1. The second-order valence-corrected chi connectivity index (χ2v) is 9.13. The Morgan fingerprint density at radius 2 is 1.97 bits per heavy atom. The predicted octanol–water partition coefficient (Wildman–Crippen LogP) is 2.04. The summed E-state index contributed by atoms with van der Waals surface area (Å²) < 4.78 is 31.4. The molecule has 4 N–H and O–H groups in total. The van der Waals surface area contributed by atoms with Gasteiger partial charge in [-0.2, -0.15) is 4.31 Å². The molecule has 1 amide bonds. The molecule has 2 aromatic rings. The highest BCUT2D eigenvalue weighted by Crippen LogP contribution is 2.27. The van der Waals surface area contributed by atoms with E-state index in [4.69, 9.17) is 27.5 Å². The minimum atomic E-state index is -3.63. The first-order valence-electron chi connectivity index (χ1n) is 8.78. The second-order valence-electron chi connectivity index (χ2n) is 6.76. The summed E-state index contributed by atoms with van der Waals surface area (Å²) in [7, 11) is -3.63. The van der Waals surface area contributed by atoms with Crippen LogP contribution in [0.3, 0.4) is 0 Å². The molecular formula is C19H21ClN4O4S. The number of hydrogen-bond acceptors (Lipinski definition) is 5. The fourth-order valence-corrected chi connectivity index (χ4v) is 4.35. The maximum atomic E-state index is 12.7. The van der Waals surface area contributed by atoms with Crippen LogP contribution in [0.15, 0.2) is 48.5 Å². The normalized spacial score (nSPS) is 19.7. The zero-order valence-corrected chi connectivity index (χ0v) is 17.2. The zero-order chi connectivity index (χ0) is 21.2. The zero-order valence-electron chi connectivity index (χ0n) is 15.6. The number of amidine groups is 1. The number of sulfonamides is 1. The van der Waals surface area contributed by atoms with Gasteiger partial charge in [0.15, 0.2) is 0 Å². The molecule has 0 radical (unpaired) electrons. The molecule has 1 aliphatic heterocycles. The van der Waals surface area contributed by atoms with Gasteiger partial charge in [-0.05, 0) is 36.4 Å². The van der Waals surface area contributed by atoms with E-state index in [1.807, 2.05) is 0 Å². The molecule has 1 fully saturated rings. The Bertz CT molecular complexity index is 1030. The van der Waals surface area contributed by atoms with Crippen molar-refractivity contribution >= 4 is 39.1 Å². The van der Waals surface area contributed by atoms with Crippen molar-refractivity contribution in [1.29, 1.82) is 5.41 Å². The average Bonchev–Trinajstić information content (AvgIpc) is 3.08. The Balaban J connectivity index is 1.76. The number of nitrogens with one attached hydrogen (secondary N) is 2. The van der Waals surface area contributed by atoms with Crippen LogP contribution in [-0.2, 0) is 14.8 Å². The first-order valence-corrected chi connectivity index (χ1v) is 11.0. The van der Waals surface area contributed by atoms with Gasteiger partial charge < -0.3 is 15.8 Å². The summed E-state index contributed by atoms with van der Waals surface area (Å²) in [5.74, 6) is -0.0869. The minimum absolute atomic E-state index is 0.0435. The molecule has 0 unspecified atom stereocenters. The SMILES string of the molecule is CS(=O)(=O)N1C[C@H](Oc2cccc(C(=N)N)c2)C[C@H]1C(=O)Nc1ccc(Cl)cc1. The number of nitrogen functional groups attached to an aromatic ring is 1. The van der Waals surface area contributed by atoms with Gasteiger partial charge in [-0.25, -0.2) is 8.42 Å². The van der Waals surface area contributed by atoms with Crippen molar-refractivity contribution in [3.63, 3.8) is 0 Å². The molecule has 8 nitrogen and oxygen atoms in total. The molecule has 0 saturated carbocycles. The third-order valence-electron chi connectivity index (χ3n) is 4.51. The molecule has 1 aliphatic rings. The van der Waals surface area contributed by atoms with Gasteiger partial charge in [0.05, 0.1) is 12.8 Å². The number of ether oxygens (including phenoxy) is 1. The largest absolute Gasteiger partial charge is 0.489 e. The van der Waals surface area contributed by atoms with Crippen molar-refractivity contribution in [2.24, 2.45) is 5.73 Å².